The van der Waals surface area contributed by atoms with E-state index in [0.29, 0.717) is 48.6 Å². The van der Waals surface area contributed by atoms with Crippen LogP contribution in [0.3, 0.4) is 0 Å². The lowest BCUT2D eigenvalue weighted by atomic mass is 10.1. The first-order chi connectivity index (χ1) is 16.8. The molecule has 0 radical (unpaired) electrons. The predicted molar refractivity (Wildman–Crippen MR) is 129 cm³/mol. The average molecular weight is 494 g/mol. The Balaban J connectivity index is 1.23. The maximum atomic E-state index is 12.5. The van der Waals surface area contributed by atoms with Gasteiger partial charge in [-0.15, -0.1) is 0 Å². The van der Waals surface area contributed by atoms with Gasteiger partial charge in [0.15, 0.2) is 0 Å². The molecule has 3 amide bonds. The zero-order chi connectivity index (χ0) is 24.9. The predicted octanol–water partition coefficient (Wildman–Crippen LogP) is 4.96. The van der Waals surface area contributed by atoms with Crippen LogP contribution in [0.25, 0.3) is 0 Å². The minimum Gasteiger partial charge on any atom is -0.494 e. The number of nitrogens with zero attached hydrogens (tertiary/aromatic N) is 2. The van der Waals surface area contributed by atoms with Gasteiger partial charge < -0.3 is 10.1 Å². The van der Waals surface area contributed by atoms with E-state index in [1.165, 1.54) is 17.0 Å². The number of ether oxygens (including phenoxy) is 1. The zero-order valence-electron chi connectivity index (χ0n) is 18.4. The molecule has 0 saturated carbocycles. The molecule has 0 atom stereocenters. The number of nitro groups is 1. The number of benzene rings is 3. The summed E-state index contributed by atoms with van der Waals surface area (Å²) in [5.41, 5.74) is 1.11. The number of carbonyl (C=O) groups excluding carboxylic acids is 3. The fraction of sp³-hybridized carbons (Fsp3) is 0.160. The van der Waals surface area contributed by atoms with Crippen LogP contribution in [0.5, 0.6) is 5.75 Å². The summed E-state index contributed by atoms with van der Waals surface area (Å²) in [5.74, 6) is -0.524. The molecule has 0 unspecified atom stereocenters. The Morgan fingerprint density at radius 2 is 1.63 bits per heavy atom. The van der Waals surface area contributed by atoms with Crippen LogP contribution in [0.15, 0.2) is 66.7 Å². The second-order valence-electron chi connectivity index (χ2n) is 7.76. The molecule has 10 heteroatoms. The lowest BCUT2D eigenvalue weighted by Crippen LogP contribution is -2.30. The van der Waals surface area contributed by atoms with Gasteiger partial charge in [0, 0.05) is 24.4 Å². The number of carbonyl (C=O) groups is 3. The number of nitro benzene ring substituents is 1. The minimum atomic E-state index is -0.598. The van der Waals surface area contributed by atoms with E-state index in [-0.39, 0.29) is 28.1 Å². The number of hydrogen-bond acceptors (Lipinski definition) is 6. The molecule has 178 valence electrons. The van der Waals surface area contributed by atoms with Crippen molar-refractivity contribution in [3.8, 4) is 5.75 Å². The van der Waals surface area contributed by atoms with Gasteiger partial charge in [-0.1, -0.05) is 23.7 Å². The van der Waals surface area contributed by atoms with Gasteiger partial charge in [-0.05, 0) is 55.3 Å². The maximum absolute atomic E-state index is 12.5. The van der Waals surface area contributed by atoms with E-state index in [4.69, 9.17) is 16.3 Å². The summed E-state index contributed by atoms with van der Waals surface area (Å²) in [5, 5.41) is 13.7. The summed E-state index contributed by atoms with van der Waals surface area (Å²) in [6.07, 6.45) is 1.24. The number of halogens is 1. The van der Waals surface area contributed by atoms with Crippen LogP contribution < -0.4 is 10.1 Å². The lowest BCUT2D eigenvalue weighted by Gasteiger charge is -2.14. The number of unbranched alkanes of at least 4 members (excludes halogenated alkanes) is 1. The largest absolute Gasteiger partial charge is 0.494 e. The van der Waals surface area contributed by atoms with Gasteiger partial charge in [0.1, 0.15) is 5.75 Å². The fourth-order valence-electron chi connectivity index (χ4n) is 3.64. The number of imide groups is 1. The number of fused-ring (bicyclic) bond motifs is 1. The third kappa shape index (κ3) is 5.30. The summed E-state index contributed by atoms with van der Waals surface area (Å²) >= 11 is 6.01. The topological polar surface area (TPSA) is 119 Å². The van der Waals surface area contributed by atoms with Gasteiger partial charge in [-0.2, -0.15) is 0 Å². The van der Waals surface area contributed by atoms with Crippen molar-refractivity contribution in [1.29, 1.82) is 0 Å². The van der Waals surface area contributed by atoms with E-state index >= 15 is 0 Å². The summed E-state index contributed by atoms with van der Waals surface area (Å²) in [6, 6.07) is 17.1. The Bertz CT molecular complexity index is 1270. The molecule has 4 rings (SSSR count). The highest BCUT2D eigenvalue weighted by Crippen LogP contribution is 2.25. The first kappa shape index (κ1) is 23.9. The SMILES string of the molecule is O=C(Nc1ccc(OCCCCN2C(=O)c3ccccc3C2=O)cc1)c1cc([N+](=O)[O-])ccc1Cl. The van der Waals surface area contributed by atoms with Crippen LogP contribution in [0, 0.1) is 10.1 Å². The molecule has 3 aromatic rings. The van der Waals surface area contributed by atoms with E-state index in [9.17, 15) is 24.5 Å². The van der Waals surface area contributed by atoms with Crippen LogP contribution >= 0.6 is 11.6 Å². The van der Waals surface area contributed by atoms with Crippen LogP contribution in [0.4, 0.5) is 11.4 Å². The van der Waals surface area contributed by atoms with Gasteiger partial charge in [-0.3, -0.25) is 29.4 Å². The Kier molecular flexibility index (Phi) is 7.07. The molecule has 0 bridgehead atoms. The molecular formula is C25H20ClN3O6. The fourth-order valence-corrected chi connectivity index (χ4v) is 3.84. The molecule has 1 heterocycles. The monoisotopic (exact) mass is 493 g/mol. The molecule has 35 heavy (non-hydrogen) atoms. The van der Waals surface area contributed by atoms with E-state index in [2.05, 4.69) is 5.32 Å². The second kappa shape index (κ2) is 10.4. The van der Waals surface area contributed by atoms with Gasteiger partial charge >= 0.3 is 0 Å². The highest BCUT2D eigenvalue weighted by atomic mass is 35.5. The van der Waals surface area contributed by atoms with Crippen LogP contribution in [0.1, 0.15) is 43.9 Å². The normalized spacial score (nSPS) is 12.4. The molecule has 0 aromatic heterocycles. The van der Waals surface area contributed by atoms with Crippen molar-refractivity contribution in [2.75, 3.05) is 18.5 Å². The van der Waals surface area contributed by atoms with Crippen LogP contribution in [-0.2, 0) is 0 Å². The van der Waals surface area contributed by atoms with E-state index in [1.54, 1.807) is 48.5 Å². The van der Waals surface area contributed by atoms with Crippen molar-refractivity contribution in [2.45, 2.75) is 12.8 Å². The average Bonchev–Trinajstić information content (AvgIpc) is 3.09. The van der Waals surface area contributed by atoms with Crippen molar-refractivity contribution < 1.29 is 24.0 Å². The molecular weight excluding hydrogens is 474 g/mol. The third-order valence-corrected chi connectivity index (χ3v) is 5.77. The number of nitrogens with one attached hydrogen (secondary N) is 1. The number of rotatable bonds is 9. The molecule has 0 spiro atoms. The van der Waals surface area contributed by atoms with Gasteiger partial charge in [0.2, 0.25) is 0 Å². The maximum Gasteiger partial charge on any atom is 0.270 e. The molecule has 0 saturated heterocycles. The Hall–Kier alpha value is -4.24. The summed E-state index contributed by atoms with van der Waals surface area (Å²) in [4.78, 5) is 48.8. The molecule has 1 N–H and O–H groups in total. The first-order valence-electron chi connectivity index (χ1n) is 10.8. The molecule has 0 fully saturated rings. The van der Waals surface area contributed by atoms with Crippen LogP contribution in [0.2, 0.25) is 5.02 Å². The minimum absolute atomic E-state index is 0.000690. The van der Waals surface area contributed by atoms with Gasteiger partial charge in [0.25, 0.3) is 23.4 Å². The Morgan fingerprint density at radius 3 is 2.26 bits per heavy atom. The molecule has 3 aromatic carbocycles. The number of amides is 3. The smallest absolute Gasteiger partial charge is 0.270 e. The number of non-ortho nitro benzene ring substituents is 1. The zero-order valence-corrected chi connectivity index (χ0v) is 19.2. The lowest BCUT2D eigenvalue weighted by molar-refractivity contribution is -0.384. The van der Waals surface area contributed by atoms with E-state index in [1.807, 2.05) is 0 Å². The van der Waals surface area contributed by atoms with Crippen molar-refractivity contribution >= 4 is 40.7 Å². The summed E-state index contributed by atoms with van der Waals surface area (Å²) in [6.45, 7) is 0.707. The van der Waals surface area contributed by atoms with E-state index in [0.717, 1.165) is 6.07 Å². The number of hydrogen-bond donors (Lipinski definition) is 1. The van der Waals surface area contributed by atoms with Gasteiger partial charge in [-0.25, -0.2) is 0 Å². The molecule has 1 aliphatic heterocycles. The highest BCUT2D eigenvalue weighted by Gasteiger charge is 2.34. The summed E-state index contributed by atoms with van der Waals surface area (Å²) < 4.78 is 5.69. The molecule has 9 nitrogen and oxygen atoms in total. The van der Waals surface area contributed by atoms with E-state index < -0.39 is 10.8 Å². The second-order valence-corrected chi connectivity index (χ2v) is 8.17. The van der Waals surface area contributed by atoms with Crippen LogP contribution in [-0.4, -0.2) is 40.7 Å². The first-order valence-corrected chi connectivity index (χ1v) is 11.2. The quantitative estimate of drug-likeness (QED) is 0.195. The standard InChI is InChI=1S/C25H20ClN3O6/c26-22-12-9-17(29(33)34)15-21(22)23(30)27-16-7-10-18(11-8-16)35-14-4-3-13-28-24(31)19-5-1-2-6-20(19)25(28)32/h1-2,5-12,15H,3-4,13-14H2,(H,27,30). The van der Waals surface area contributed by atoms with Crippen molar-refractivity contribution in [1.82, 2.24) is 4.90 Å². The third-order valence-electron chi connectivity index (χ3n) is 5.44. The van der Waals surface area contributed by atoms with Gasteiger partial charge in [0.05, 0.1) is 33.2 Å². The number of anilines is 1. The Morgan fingerprint density at radius 1 is 0.971 bits per heavy atom. The molecule has 1 aliphatic rings. The highest BCUT2D eigenvalue weighted by molar-refractivity contribution is 6.34. The van der Waals surface area contributed by atoms with Crippen molar-refractivity contribution in [3.63, 3.8) is 0 Å². The van der Waals surface area contributed by atoms with Crippen molar-refractivity contribution in [2.24, 2.45) is 0 Å². The molecule has 0 aliphatic carbocycles. The summed E-state index contributed by atoms with van der Waals surface area (Å²) in [7, 11) is 0. The van der Waals surface area contributed by atoms with Crippen molar-refractivity contribution in [3.05, 3.63) is 98.6 Å². The Labute approximate surface area is 205 Å².